The normalized spacial score (nSPS) is 18.4. The van der Waals surface area contributed by atoms with Gasteiger partial charge in [-0.3, -0.25) is 4.79 Å². The predicted octanol–water partition coefficient (Wildman–Crippen LogP) is 2.30. The number of carbonyl (C=O) groups is 1. The molecule has 21 heavy (non-hydrogen) atoms. The average molecular weight is 313 g/mol. The molecule has 0 bridgehead atoms. The number of ether oxygens (including phenoxy) is 1. The lowest BCUT2D eigenvalue weighted by atomic mass is 9.78. The molecule has 1 aromatic rings. The van der Waals surface area contributed by atoms with E-state index in [0.29, 0.717) is 6.61 Å². The quantitative estimate of drug-likeness (QED) is 0.877. The van der Waals surface area contributed by atoms with Gasteiger partial charge in [0.15, 0.2) is 0 Å². The Kier molecular flexibility index (Phi) is 7.15. The van der Waals surface area contributed by atoms with Crippen LogP contribution in [0, 0.1) is 5.41 Å². The third-order valence-electron chi connectivity index (χ3n) is 4.11. The number of hydrogen-bond acceptors (Lipinski definition) is 3. The van der Waals surface area contributed by atoms with E-state index in [0.717, 1.165) is 31.5 Å². The van der Waals surface area contributed by atoms with Gasteiger partial charge in [0, 0.05) is 7.11 Å². The summed E-state index contributed by atoms with van der Waals surface area (Å²) in [5, 5.41) is 6.45. The van der Waals surface area contributed by atoms with Gasteiger partial charge in [-0.2, -0.15) is 0 Å². The second-order valence-electron chi connectivity index (χ2n) is 5.57. The number of benzene rings is 1. The Morgan fingerprint density at radius 2 is 1.95 bits per heavy atom. The SMILES string of the molecule is COCC1(C(=O)NC(C)c2ccccc2)CCNCC1.Cl. The largest absolute Gasteiger partial charge is 0.384 e. The number of halogens is 1. The molecule has 1 amide bonds. The van der Waals surface area contributed by atoms with Crippen molar-refractivity contribution in [1.82, 2.24) is 10.6 Å². The standard InChI is InChI=1S/C16H24N2O2.ClH/c1-13(14-6-4-3-5-7-14)18-15(19)16(12-20-2)8-10-17-11-9-16;/h3-7,13,17H,8-12H2,1-2H3,(H,18,19);1H. The number of methoxy groups -OCH3 is 1. The first-order valence-electron chi connectivity index (χ1n) is 7.23. The monoisotopic (exact) mass is 312 g/mol. The third-order valence-corrected chi connectivity index (χ3v) is 4.11. The van der Waals surface area contributed by atoms with Crippen molar-refractivity contribution < 1.29 is 9.53 Å². The fraction of sp³-hybridized carbons (Fsp3) is 0.562. The van der Waals surface area contributed by atoms with Gasteiger partial charge in [0.05, 0.1) is 18.1 Å². The Morgan fingerprint density at radius 3 is 2.52 bits per heavy atom. The maximum absolute atomic E-state index is 12.7. The lowest BCUT2D eigenvalue weighted by Crippen LogP contribution is -2.50. The molecule has 0 spiro atoms. The molecule has 1 aliphatic heterocycles. The van der Waals surface area contributed by atoms with Crippen LogP contribution in [0.2, 0.25) is 0 Å². The average Bonchev–Trinajstić information content (AvgIpc) is 2.49. The molecular formula is C16H25ClN2O2. The van der Waals surface area contributed by atoms with Crippen LogP contribution in [0.25, 0.3) is 0 Å². The fourth-order valence-corrected chi connectivity index (χ4v) is 2.79. The van der Waals surface area contributed by atoms with Crippen LogP contribution in [0.3, 0.4) is 0 Å². The Hall–Kier alpha value is -1.10. The van der Waals surface area contributed by atoms with Crippen molar-refractivity contribution in [3.63, 3.8) is 0 Å². The van der Waals surface area contributed by atoms with Gasteiger partial charge in [0.1, 0.15) is 0 Å². The van der Waals surface area contributed by atoms with Crippen molar-refractivity contribution in [2.24, 2.45) is 5.41 Å². The fourth-order valence-electron chi connectivity index (χ4n) is 2.79. The molecule has 4 nitrogen and oxygen atoms in total. The summed E-state index contributed by atoms with van der Waals surface area (Å²) in [5.41, 5.74) is 0.741. The van der Waals surface area contributed by atoms with E-state index in [1.807, 2.05) is 37.3 Å². The van der Waals surface area contributed by atoms with Gasteiger partial charge < -0.3 is 15.4 Å². The van der Waals surface area contributed by atoms with Crippen LogP contribution in [-0.2, 0) is 9.53 Å². The molecule has 1 fully saturated rings. The van der Waals surface area contributed by atoms with E-state index >= 15 is 0 Å². The second-order valence-corrected chi connectivity index (χ2v) is 5.57. The summed E-state index contributed by atoms with van der Waals surface area (Å²) in [6.07, 6.45) is 1.66. The zero-order valence-corrected chi connectivity index (χ0v) is 13.5. The number of hydrogen-bond donors (Lipinski definition) is 2. The van der Waals surface area contributed by atoms with Gasteiger partial charge >= 0.3 is 0 Å². The third kappa shape index (κ3) is 4.43. The highest BCUT2D eigenvalue weighted by Crippen LogP contribution is 2.30. The Bertz CT molecular complexity index is 428. The molecule has 1 aliphatic rings. The number of nitrogens with one attached hydrogen (secondary N) is 2. The van der Waals surface area contributed by atoms with Gasteiger partial charge in [-0.25, -0.2) is 0 Å². The zero-order valence-electron chi connectivity index (χ0n) is 12.7. The Balaban J connectivity index is 0.00000220. The Labute approximate surface area is 133 Å². The van der Waals surface area contributed by atoms with Gasteiger partial charge in [-0.15, -0.1) is 12.4 Å². The molecule has 1 atom stereocenters. The van der Waals surface area contributed by atoms with E-state index in [4.69, 9.17) is 4.74 Å². The van der Waals surface area contributed by atoms with E-state index in [2.05, 4.69) is 10.6 Å². The lowest BCUT2D eigenvalue weighted by molar-refractivity contribution is -0.136. The van der Waals surface area contributed by atoms with Crippen LogP contribution in [0.1, 0.15) is 31.4 Å². The highest BCUT2D eigenvalue weighted by atomic mass is 35.5. The van der Waals surface area contributed by atoms with E-state index < -0.39 is 0 Å². The summed E-state index contributed by atoms with van der Waals surface area (Å²) < 4.78 is 5.30. The Morgan fingerprint density at radius 1 is 1.33 bits per heavy atom. The second kappa shape index (κ2) is 8.37. The smallest absolute Gasteiger partial charge is 0.229 e. The summed E-state index contributed by atoms with van der Waals surface area (Å²) in [6, 6.07) is 10.1. The minimum absolute atomic E-state index is 0. The molecule has 1 saturated heterocycles. The molecular weight excluding hydrogens is 288 g/mol. The molecule has 2 rings (SSSR count). The predicted molar refractivity (Wildman–Crippen MR) is 86.7 cm³/mol. The first-order valence-corrected chi connectivity index (χ1v) is 7.23. The van der Waals surface area contributed by atoms with E-state index in [1.165, 1.54) is 0 Å². The van der Waals surface area contributed by atoms with Crippen LogP contribution in [-0.4, -0.2) is 32.7 Å². The van der Waals surface area contributed by atoms with Crippen molar-refractivity contribution in [2.75, 3.05) is 26.8 Å². The molecule has 0 aliphatic carbocycles. The summed E-state index contributed by atoms with van der Waals surface area (Å²) in [7, 11) is 1.66. The van der Waals surface area contributed by atoms with E-state index in [-0.39, 0.29) is 29.8 Å². The summed E-state index contributed by atoms with van der Waals surface area (Å²) >= 11 is 0. The molecule has 0 radical (unpaired) electrons. The molecule has 5 heteroatoms. The maximum Gasteiger partial charge on any atom is 0.229 e. The minimum Gasteiger partial charge on any atom is -0.384 e. The van der Waals surface area contributed by atoms with E-state index in [9.17, 15) is 4.79 Å². The molecule has 1 heterocycles. The molecule has 1 unspecified atom stereocenters. The highest BCUT2D eigenvalue weighted by Gasteiger charge is 2.40. The van der Waals surface area contributed by atoms with Crippen molar-refractivity contribution in [1.29, 1.82) is 0 Å². The topological polar surface area (TPSA) is 50.4 Å². The maximum atomic E-state index is 12.7. The van der Waals surface area contributed by atoms with Gasteiger partial charge in [-0.05, 0) is 38.4 Å². The lowest BCUT2D eigenvalue weighted by Gasteiger charge is -2.36. The zero-order chi connectivity index (χ0) is 14.4. The first-order chi connectivity index (χ1) is 9.68. The number of rotatable bonds is 5. The molecule has 2 N–H and O–H groups in total. The summed E-state index contributed by atoms with van der Waals surface area (Å²) in [6.45, 7) is 4.25. The molecule has 0 saturated carbocycles. The van der Waals surface area contributed by atoms with Crippen LogP contribution >= 0.6 is 12.4 Å². The summed E-state index contributed by atoms with van der Waals surface area (Å²) in [4.78, 5) is 12.7. The summed E-state index contributed by atoms with van der Waals surface area (Å²) in [5.74, 6) is 0.109. The molecule has 1 aromatic carbocycles. The van der Waals surface area contributed by atoms with Gasteiger partial charge in [-0.1, -0.05) is 30.3 Å². The molecule has 0 aromatic heterocycles. The van der Waals surface area contributed by atoms with Crippen LogP contribution in [0.4, 0.5) is 0 Å². The minimum atomic E-state index is -0.386. The van der Waals surface area contributed by atoms with Crippen molar-refractivity contribution in [3.8, 4) is 0 Å². The van der Waals surface area contributed by atoms with E-state index in [1.54, 1.807) is 7.11 Å². The van der Waals surface area contributed by atoms with Gasteiger partial charge in [0.25, 0.3) is 0 Å². The number of carbonyl (C=O) groups excluding carboxylic acids is 1. The van der Waals surface area contributed by atoms with Crippen molar-refractivity contribution >= 4 is 18.3 Å². The van der Waals surface area contributed by atoms with Crippen molar-refractivity contribution in [3.05, 3.63) is 35.9 Å². The highest BCUT2D eigenvalue weighted by molar-refractivity contribution is 5.85. The number of amides is 1. The van der Waals surface area contributed by atoms with Crippen LogP contribution < -0.4 is 10.6 Å². The first kappa shape index (κ1) is 18.0. The van der Waals surface area contributed by atoms with Crippen LogP contribution in [0.15, 0.2) is 30.3 Å². The van der Waals surface area contributed by atoms with Gasteiger partial charge in [0.2, 0.25) is 5.91 Å². The number of piperidine rings is 1. The molecule has 118 valence electrons. The van der Waals surface area contributed by atoms with Crippen molar-refractivity contribution in [2.45, 2.75) is 25.8 Å². The van der Waals surface area contributed by atoms with Crippen LogP contribution in [0.5, 0.6) is 0 Å².